The Labute approximate surface area is 93.1 Å². The largest absolute Gasteiger partial charge is 0.381 e. The van der Waals surface area contributed by atoms with Crippen LogP contribution in [0.2, 0.25) is 0 Å². The quantitative estimate of drug-likeness (QED) is 0.718. The van der Waals surface area contributed by atoms with Crippen LogP contribution in [0, 0.1) is 11.8 Å². The number of ether oxygens (including phenoxy) is 1. The van der Waals surface area contributed by atoms with Crippen molar-refractivity contribution in [2.75, 3.05) is 19.8 Å². The van der Waals surface area contributed by atoms with Crippen molar-refractivity contribution in [3.8, 4) is 0 Å². The molecule has 1 heterocycles. The van der Waals surface area contributed by atoms with Crippen LogP contribution in [-0.2, 0) is 4.74 Å². The van der Waals surface area contributed by atoms with Gasteiger partial charge in [-0.2, -0.15) is 0 Å². The minimum Gasteiger partial charge on any atom is -0.381 e. The molecule has 2 heteroatoms. The van der Waals surface area contributed by atoms with Crippen LogP contribution in [0.15, 0.2) is 12.2 Å². The first-order valence-corrected chi connectivity index (χ1v) is 6.32. The predicted octanol–water partition coefficient (Wildman–Crippen LogP) is 2.36. The highest BCUT2D eigenvalue weighted by molar-refractivity contribution is 4.91. The Hall–Kier alpha value is -0.340. The summed E-state index contributed by atoms with van der Waals surface area (Å²) in [5, 5.41) is 3.68. The van der Waals surface area contributed by atoms with Gasteiger partial charge in [0.25, 0.3) is 0 Å². The van der Waals surface area contributed by atoms with Gasteiger partial charge in [-0.05, 0) is 51.0 Å². The third-order valence-electron chi connectivity index (χ3n) is 3.78. The van der Waals surface area contributed by atoms with Crippen molar-refractivity contribution in [3.05, 3.63) is 12.2 Å². The zero-order valence-corrected chi connectivity index (χ0v) is 9.74. The van der Waals surface area contributed by atoms with E-state index in [4.69, 9.17) is 4.74 Å². The van der Waals surface area contributed by atoms with Gasteiger partial charge < -0.3 is 10.1 Å². The van der Waals surface area contributed by atoms with Crippen molar-refractivity contribution in [2.45, 2.75) is 38.6 Å². The monoisotopic (exact) mass is 209 g/mol. The first kappa shape index (κ1) is 11.2. The van der Waals surface area contributed by atoms with Crippen molar-refractivity contribution in [1.29, 1.82) is 0 Å². The lowest BCUT2D eigenvalue weighted by atomic mass is 9.93. The molecule has 1 aliphatic heterocycles. The van der Waals surface area contributed by atoms with E-state index in [2.05, 4.69) is 24.4 Å². The second-order valence-corrected chi connectivity index (χ2v) is 4.97. The molecule has 15 heavy (non-hydrogen) atoms. The summed E-state index contributed by atoms with van der Waals surface area (Å²) in [5.41, 5.74) is 0. The number of allylic oxidation sites excluding steroid dienone is 2. The maximum absolute atomic E-state index is 5.42. The molecule has 0 saturated carbocycles. The van der Waals surface area contributed by atoms with Gasteiger partial charge in [-0.1, -0.05) is 12.2 Å². The van der Waals surface area contributed by atoms with Gasteiger partial charge in [0.15, 0.2) is 0 Å². The summed E-state index contributed by atoms with van der Waals surface area (Å²) >= 11 is 0. The van der Waals surface area contributed by atoms with Gasteiger partial charge in [0, 0.05) is 12.6 Å². The Morgan fingerprint density at radius 1 is 1.40 bits per heavy atom. The summed E-state index contributed by atoms with van der Waals surface area (Å²) < 4.78 is 5.42. The third-order valence-corrected chi connectivity index (χ3v) is 3.78. The second-order valence-electron chi connectivity index (χ2n) is 4.97. The molecule has 3 unspecified atom stereocenters. The Morgan fingerprint density at radius 2 is 2.33 bits per heavy atom. The number of hydrogen-bond acceptors (Lipinski definition) is 2. The maximum atomic E-state index is 5.42. The lowest BCUT2D eigenvalue weighted by molar-refractivity contribution is 0.177. The van der Waals surface area contributed by atoms with E-state index in [1.165, 1.54) is 32.2 Å². The fourth-order valence-electron chi connectivity index (χ4n) is 2.51. The van der Waals surface area contributed by atoms with E-state index in [0.717, 1.165) is 25.0 Å². The fourth-order valence-corrected chi connectivity index (χ4v) is 2.51. The van der Waals surface area contributed by atoms with Crippen molar-refractivity contribution in [1.82, 2.24) is 5.32 Å². The van der Waals surface area contributed by atoms with Gasteiger partial charge in [0.05, 0.1) is 6.61 Å². The van der Waals surface area contributed by atoms with Crippen molar-refractivity contribution < 1.29 is 4.74 Å². The standard InChI is InChI=1S/C13H23NO/c1-11(13-7-8-15-10-13)14-9-12-5-3-2-4-6-12/h2-3,11-14H,4-10H2,1H3. The Kier molecular flexibility index (Phi) is 4.21. The molecule has 0 aromatic rings. The Morgan fingerprint density at radius 3 is 3.00 bits per heavy atom. The van der Waals surface area contributed by atoms with Crippen molar-refractivity contribution in [2.24, 2.45) is 11.8 Å². The molecule has 0 aromatic carbocycles. The Bertz CT molecular complexity index is 209. The minimum absolute atomic E-state index is 0.624. The van der Waals surface area contributed by atoms with Gasteiger partial charge in [-0.15, -0.1) is 0 Å². The van der Waals surface area contributed by atoms with Crippen LogP contribution in [0.5, 0.6) is 0 Å². The van der Waals surface area contributed by atoms with E-state index >= 15 is 0 Å². The molecule has 1 N–H and O–H groups in total. The molecule has 1 fully saturated rings. The maximum Gasteiger partial charge on any atom is 0.0509 e. The van der Waals surface area contributed by atoms with Crippen LogP contribution in [0.4, 0.5) is 0 Å². The SMILES string of the molecule is CC(NCC1CC=CCC1)C1CCOC1. The fraction of sp³-hybridized carbons (Fsp3) is 0.846. The number of hydrogen-bond donors (Lipinski definition) is 1. The van der Waals surface area contributed by atoms with Crippen LogP contribution in [0.25, 0.3) is 0 Å². The summed E-state index contributed by atoms with van der Waals surface area (Å²) in [6, 6.07) is 0.624. The molecule has 2 rings (SSSR count). The molecule has 1 aliphatic carbocycles. The molecule has 1 saturated heterocycles. The molecule has 0 radical (unpaired) electrons. The topological polar surface area (TPSA) is 21.3 Å². The highest BCUT2D eigenvalue weighted by Crippen LogP contribution is 2.19. The first-order valence-electron chi connectivity index (χ1n) is 6.32. The highest BCUT2D eigenvalue weighted by atomic mass is 16.5. The summed E-state index contributed by atoms with van der Waals surface area (Å²) in [6.45, 7) is 5.40. The van der Waals surface area contributed by atoms with Gasteiger partial charge in [0.1, 0.15) is 0 Å². The molecular formula is C13H23NO. The van der Waals surface area contributed by atoms with E-state index in [1.807, 2.05) is 0 Å². The van der Waals surface area contributed by atoms with Crippen molar-refractivity contribution >= 4 is 0 Å². The molecule has 0 bridgehead atoms. The summed E-state index contributed by atoms with van der Waals surface area (Å²) in [6.07, 6.45) is 9.77. The van der Waals surface area contributed by atoms with Crippen molar-refractivity contribution in [3.63, 3.8) is 0 Å². The average Bonchev–Trinajstić information content (AvgIpc) is 2.81. The molecule has 0 amide bonds. The second kappa shape index (κ2) is 5.66. The van der Waals surface area contributed by atoms with Crippen LogP contribution in [0.3, 0.4) is 0 Å². The summed E-state index contributed by atoms with van der Waals surface area (Å²) in [5.74, 6) is 1.60. The Balaban J connectivity index is 1.65. The molecule has 3 atom stereocenters. The highest BCUT2D eigenvalue weighted by Gasteiger charge is 2.22. The lowest BCUT2D eigenvalue weighted by Gasteiger charge is -2.24. The number of nitrogens with one attached hydrogen (secondary N) is 1. The molecule has 0 aromatic heterocycles. The van der Waals surface area contributed by atoms with E-state index in [0.29, 0.717) is 6.04 Å². The van der Waals surface area contributed by atoms with E-state index in [1.54, 1.807) is 0 Å². The van der Waals surface area contributed by atoms with E-state index in [9.17, 15) is 0 Å². The normalized spacial score (nSPS) is 33.1. The average molecular weight is 209 g/mol. The summed E-state index contributed by atoms with van der Waals surface area (Å²) in [7, 11) is 0. The smallest absolute Gasteiger partial charge is 0.0509 e. The van der Waals surface area contributed by atoms with Crippen LogP contribution < -0.4 is 5.32 Å². The van der Waals surface area contributed by atoms with Crippen LogP contribution >= 0.6 is 0 Å². The summed E-state index contributed by atoms with van der Waals surface area (Å²) in [4.78, 5) is 0. The van der Waals surface area contributed by atoms with Gasteiger partial charge >= 0.3 is 0 Å². The van der Waals surface area contributed by atoms with Crippen LogP contribution in [0.1, 0.15) is 32.6 Å². The van der Waals surface area contributed by atoms with Gasteiger partial charge in [0.2, 0.25) is 0 Å². The van der Waals surface area contributed by atoms with Gasteiger partial charge in [-0.3, -0.25) is 0 Å². The lowest BCUT2D eigenvalue weighted by Crippen LogP contribution is -2.37. The molecule has 0 spiro atoms. The van der Waals surface area contributed by atoms with E-state index in [-0.39, 0.29) is 0 Å². The molecule has 2 nitrogen and oxygen atoms in total. The molecule has 86 valence electrons. The third kappa shape index (κ3) is 3.32. The number of rotatable bonds is 4. The first-order chi connectivity index (χ1) is 7.36. The zero-order chi connectivity index (χ0) is 10.5. The predicted molar refractivity (Wildman–Crippen MR) is 62.9 cm³/mol. The minimum atomic E-state index is 0.624. The molecule has 2 aliphatic rings. The van der Waals surface area contributed by atoms with Gasteiger partial charge in [-0.25, -0.2) is 0 Å². The zero-order valence-electron chi connectivity index (χ0n) is 9.74. The van der Waals surface area contributed by atoms with Crippen LogP contribution in [-0.4, -0.2) is 25.8 Å². The van der Waals surface area contributed by atoms with E-state index < -0.39 is 0 Å². The molecular weight excluding hydrogens is 186 g/mol.